The van der Waals surface area contributed by atoms with E-state index in [1.165, 1.54) is 35.5 Å². The lowest BCUT2D eigenvalue weighted by molar-refractivity contribution is -0.385. The van der Waals surface area contributed by atoms with Gasteiger partial charge in [0.2, 0.25) is 0 Å². The number of benzene rings is 1. The number of carbonyl (C=O) groups is 1. The van der Waals surface area contributed by atoms with Crippen LogP contribution in [0.2, 0.25) is 0 Å². The number of thiazole rings is 1. The van der Waals surface area contributed by atoms with E-state index < -0.39 is 10.8 Å². The summed E-state index contributed by atoms with van der Waals surface area (Å²) in [5.74, 6) is -0.0332. The molecule has 0 bridgehead atoms. The normalized spacial score (nSPS) is 9.68. The Morgan fingerprint density at radius 3 is 2.61 bits per heavy atom. The van der Waals surface area contributed by atoms with E-state index in [9.17, 15) is 14.9 Å². The van der Waals surface area contributed by atoms with Crippen LogP contribution in [-0.4, -0.2) is 55.0 Å². The number of hydrogen-bond acceptors (Lipinski definition) is 8. The average molecular weight is 453 g/mol. The molecule has 156 valence electrons. The highest BCUT2D eigenvalue weighted by Crippen LogP contribution is 2.35. The summed E-state index contributed by atoms with van der Waals surface area (Å²) in [6.07, 6.45) is 0. The van der Waals surface area contributed by atoms with Crippen LogP contribution in [0.5, 0.6) is 11.5 Å². The van der Waals surface area contributed by atoms with Gasteiger partial charge in [-0.15, -0.1) is 36.2 Å². The smallest absolute Gasteiger partial charge is 0.286 e. The average Bonchev–Trinajstić information content (AvgIpc) is 3.16. The molecule has 1 aromatic heterocycles. The second-order valence-corrected chi connectivity index (χ2v) is 6.09. The fourth-order valence-electron chi connectivity index (χ4n) is 2.19. The van der Waals surface area contributed by atoms with Gasteiger partial charge in [-0.05, 0) is 7.05 Å². The fraction of sp³-hybridized carbons (Fsp3) is 0.375. The van der Waals surface area contributed by atoms with Crippen LogP contribution < -0.4 is 14.8 Å². The van der Waals surface area contributed by atoms with E-state index in [2.05, 4.69) is 10.3 Å². The predicted octanol–water partition coefficient (Wildman–Crippen LogP) is 2.77. The Morgan fingerprint density at radius 1 is 1.36 bits per heavy atom. The van der Waals surface area contributed by atoms with E-state index in [1.54, 1.807) is 19.6 Å². The largest absolute Gasteiger partial charge is 0.493 e. The summed E-state index contributed by atoms with van der Waals surface area (Å²) in [4.78, 5) is 29.0. The molecule has 1 heterocycles. The number of nitro benzene ring substituents is 1. The van der Waals surface area contributed by atoms with E-state index in [4.69, 9.17) is 9.47 Å². The van der Waals surface area contributed by atoms with E-state index in [0.29, 0.717) is 18.8 Å². The zero-order valence-electron chi connectivity index (χ0n) is 15.5. The predicted molar refractivity (Wildman–Crippen MR) is 111 cm³/mol. The lowest BCUT2D eigenvalue weighted by atomic mass is 10.1. The van der Waals surface area contributed by atoms with Crippen molar-refractivity contribution in [1.29, 1.82) is 0 Å². The number of rotatable bonds is 9. The quantitative estimate of drug-likeness (QED) is 0.460. The van der Waals surface area contributed by atoms with Crippen molar-refractivity contribution in [2.24, 2.45) is 0 Å². The Labute approximate surface area is 179 Å². The van der Waals surface area contributed by atoms with Crippen molar-refractivity contribution in [3.8, 4) is 11.5 Å². The number of methoxy groups -OCH3 is 1. The highest BCUT2D eigenvalue weighted by Gasteiger charge is 2.26. The van der Waals surface area contributed by atoms with Gasteiger partial charge in [0.15, 0.2) is 11.5 Å². The summed E-state index contributed by atoms with van der Waals surface area (Å²) in [5, 5.41) is 16.2. The molecule has 0 fully saturated rings. The van der Waals surface area contributed by atoms with Crippen molar-refractivity contribution in [3.63, 3.8) is 0 Å². The van der Waals surface area contributed by atoms with Crippen LogP contribution in [0.15, 0.2) is 23.0 Å². The van der Waals surface area contributed by atoms with Gasteiger partial charge in [0, 0.05) is 31.6 Å². The fourth-order valence-corrected chi connectivity index (χ4v) is 2.73. The minimum absolute atomic E-state index is 0. The van der Waals surface area contributed by atoms with Crippen LogP contribution in [0.1, 0.15) is 16.1 Å². The standard InChI is InChI=1S/C16H20N4O5S.2ClH/c1-17-4-5-19(2)16(21)12-6-14(24-3)15(7-13(12)20(22)23)25-8-11-9-26-10-18-11;;/h6-7,9-10,17H,4-5,8H2,1-3H3;2*1H. The first kappa shape index (κ1) is 25.9. The molecule has 0 saturated carbocycles. The van der Waals surface area contributed by atoms with Crippen LogP contribution in [0.25, 0.3) is 0 Å². The zero-order valence-corrected chi connectivity index (χ0v) is 18.0. The van der Waals surface area contributed by atoms with Gasteiger partial charge in [-0.2, -0.15) is 0 Å². The minimum Gasteiger partial charge on any atom is -0.493 e. The number of nitro groups is 1. The van der Waals surface area contributed by atoms with Gasteiger partial charge in [-0.3, -0.25) is 14.9 Å². The SMILES string of the molecule is CNCCN(C)C(=O)c1cc(OC)c(OCc2cscn2)cc1[N+](=O)[O-].Cl.Cl. The molecule has 0 aliphatic rings. The molecule has 0 saturated heterocycles. The van der Waals surface area contributed by atoms with Gasteiger partial charge >= 0.3 is 0 Å². The van der Waals surface area contributed by atoms with Gasteiger partial charge in [-0.25, -0.2) is 4.98 Å². The molecule has 9 nitrogen and oxygen atoms in total. The lowest BCUT2D eigenvalue weighted by Gasteiger charge is -2.18. The van der Waals surface area contributed by atoms with Crippen molar-refractivity contribution >= 4 is 47.7 Å². The second kappa shape index (κ2) is 12.3. The Morgan fingerprint density at radius 2 is 2.07 bits per heavy atom. The highest BCUT2D eigenvalue weighted by atomic mass is 35.5. The molecule has 2 rings (SSSR count). The van der Waals surface area contributed by atoms with Crippen LogP contribution in [0.4, 0.5) is 5.69 Å². The second-order valence-electron chi connectivity index (χ2n) is 5.38. The number of carbonyl (C=O) groups excluding carboxylic acids is 1. The number of halogens is 2. The Kier molecular flexibility index (Phi) is 11.4. The Bertz CT molecular complexity index is 777. The number of amides is 1. The number of nitrogens with zero attached hydrogens (tertiary/aromatic N) is 3. The Balaban J connectivity index is 0.00000364. The number of likely N-dealkylation sites (N-methyl/N-ethyl adjacent to an activating group) is 2. The molecule has 0 unspecified atom stereocenters. The maximum atomic E-state index is 12.6. The first-order chi connectivity index (χ1) is 12.5. The maximum Gasteiger partial charge on any atom is 0.286 e. The summed E-state index contributed by atoms with van der Waals surface area (Å²) in [7, 11) is 4.76. The number of ether oxygens (including phenoxy) is 2. The first-order valence-corrected chi connectivity index (χ1v) is 8.68. The third-order valence-corrected chi connectivity index (χ3v) is 4.25. The van der Waals surface area contributed by atoms with Crippen molar-refractivity contribution in [2.45, 2.75) is 6.61 Å². The van der Waals surface area contributed by atoms with Crippen LogP contribution in [0.3, 0.4) is 0 Å². The molecular weight excluding hydrogens is 431 g/mol. The van der Waals surface area contributed by atoms with E-state index >= 15 is 0 Å². The number of nitrogens with one attached hydrogen (secondary N) is 1. The molecular formula is C16H22Cl2N4O5S. The molecule has 1 amide bonds. The van der Waals surface area contributed by atoms with Crippen LogP contribution >= 0.6 is 36.2 Å². The monoisotopic (exact) mass is 452 g/mol. The summed E-state index contributed by atoms with van der Waals surface area (Å²) in [6, 6.07) is 2.55. The van der Waals surface area contributed by atoms with Gasteiger partial charge in [0.1, 0.15) is 12.2 Å². The lowest BCUT2D eigenvalue weighted by Crippen LogP contribution is -2.33. The van der Waals surface area contributed by atoms with Crippen LogP contribution in [0, 0.1) is 10.1 Å². The number of hydrogen-bond donors (Lipinski definition) is 1. The van der Waals surface area contributed by atoms with E-state index in [0.717, 1.165) is 0 Å². The van der Waals surface area contributed by atoms with Gasteiger partial charge in [0.05, 0.1) is 29.3 Å². The zero-order chi connectivity index (χ0) is 19.1. The molecule has 0 aliphatic carbocycles. The molecule has 12 heteroatoms. The Hall–Kier alpha value is -2.14. The summed E-state index contributed by atoms with van der Waals surface area (Å²) in [5.41, 5.74) is 1.99. The molecule has 0 radical (unpaired) electrons. The van der Waals surface area contributed by atoms with Crippen molar-refractivity contribution in [3.05, 3.63) is 44.4 Å². The van der Waals surface area contributed by atoms with Crippen LogP contribution in [-0.2, 0) is 6.61 Å². The van der Waals surface area contributed by atoms with Gasteiger partial charge in [0.25, 0.3) is 11.6 Å². The summed E-state index contributed by atoms with van der Waals surface area (Å²) < 4.78 is 10.9. The topological polar surface area (TPSA) is 107 Å². The summed E-state index contributed by atoms with van der Waals surface area (Å²) >= 11 is 1.42. The van der Waals surface area contributed by atoms with Crippen molar-refractivity contribution < 1.29 is 19.2 Å². The molecule has 1 N–H and O–H groups in total. The molecule has 28 heavy (non-hydrogen) atoms. The molecule has 0 spiro atoms. The van der Waals surface area contributed by atoms with Gasteiger partial charge < -0.3 is 19.7 Å². The van der Waals surface area contributed by atoms with E-state index in [1.807, 2.05) is 5.38 Å². The molecule has 2 aromatic rings. The van der Waals surface area contributed by atoms with Gasteiger partial charge in [-0.1, -0.05) is 0 Å². The third kappa shape index (κ3) is 6.48. The molecule has 0 atom stereocenters. The third-order valence-electron chi connectivity index (χ3n) is 3.61. The number of aromatic nitrogens is 1. The molecule has 1 aromatic carbocycles. The summed E-state index contributed by atoms with van der Waals surface area (Å²) in [6.45, 7) is 1.13. The van der Waals surface area contributed by atoms with Crippen molar-refractivity contribution in [1.82, 2.24) is 15.2 Å². The first-order valence-electron chi connectivity index (χ1n) is 7.74. The maximum absolute atomic E-state index is 12.6. The van der Waals surface area contributed by atoms with E-state index in [-0.39, 0.29) is 54.2 Å². The molecule has 0 aliphatic heterocycles. The highest BCUT2D eigenvalue weighted by molar-refractivity contribution is 7.07. The van der Waals surface area contributed by atoms with Crippen molar-refractivity contribution in [2.75, 3.05) is 34.3 Å². The minimum atomic E-state index is -0.603.